The Hall–Kier alpha value is -0.520. The molecule has 45 heavy (non-hydrogen) atoms. The number of hydrogen-bond acceptors (Lipinski definition) is 0. The van der Waals surface area contributed by atoms with E-state index in [2.05, 4.69) is 39.8 Å². The van der Waals surface area contributed by atoms with E-state index in [0.717, 1.165) is 11.8 Å². The van der Waals surface area contributed by atoms with Gasteiger partial charge in [-0.15, -0.1) is 0 Å². The van der Waals surface area contributed by atoms with Crippen LogP contribution in [0.25, 0.3) is 0 Å². The van der Waals surface area contributed by atoms with Crippen molar-refractivity contribution >= 4 is 0 Å². The average Bonchev–Trinajstić information content (AvgIpc) is 3.48. The molecule has 266 valence electrons. The summed E-state index contributed by atoms with van der Waals surface area (Å²) >= 11 is 0. The maximum Gasteiger partial charge on any atom is -0.0130 e. The molecule has 0 amide bonds. The average molecular weight is 627 g/mol. The van der Waals surface area contributed by atoms with Gasteiger partial charge in [-0.25, -0.2) is 0 Å². The largest absolute Gasteiger partial charge is 0.0802 e. The predicted molar refractivity (Wildman–Crippen MR) is 207 cm³/mol. The highest BCUT2D eigenvalue weighted by atomic mass is 14.2. The molecule has 2 unspecified atom stereocenters. The van der Waals surface area contributed by atoms with Crippen LogP contribution >= 0.6 is 0 Å². The Morgan fingerprint density at radius 1 is 0.378 bits per heavy atom. The molecule has 1 aliphatic carbocycles. The van der Waals surface area contributed by atoms with Crippen LogP contribution in [0.4, 0.5) is 0 Å². The van der Waals surface area contributed by atoms with Gasteiger partial charge in [0.05, 0.1) is 0 Å². The Labute approximate surface area is 286 Å². The molecule has 0 bridgehead atoms. The van der Waals surface area contributed by atoms with Crippen LogP contribution in [0.2, 0.25) is 0 Å². The monoisotopic (exact) mass is 627 g/mol. The highest BCUT2D eigenvalue weighted by Gasteiger charge is 2.19. The first-order valence-corrected chi connectivity index (χ1v) is 21.6. The lowest BCUT2D eigenvalue weighted by Crippen LogP contribution is -2.06. The minimum Gasteiger partial charge on any atom is -0.0802 e. The van der Waals surface area contributed by atoms with E-state index < -0.39 is 0 Å². The van der Waals surface area contributed by atoms with Gasteiger partial charge in [0.1, 0.15) is 0 Å². The normalized spacial score (nSPS) is 14.6. The minimum atomic E-state index is 0.925. The third kappa shape index (κ3) is 26.2. The Morgan fingerprint density at radius 2 is 0.667 bits per heavy atom. The number of hydrogen-bond donors (Lipinski definition) is 0. The van der Waals surface area contributed by atoms with Gasteiger partial charge in [0.15, 0.2) is 0 Å². The molecule has 0 saturated carbocycles. The first kappa shape index (κ1) is 42.5. The van der Waals surface area contributed by atoms with E-state index in [1.807, 2.05) is 5.57 Å². The zero-order chi connectivity index (χ0) is 32.5. The second-order valence-corrected chi connectivity index (χ2v) is 15.5. The Morgan fingerprint density at radius 3 is 1.00 bits per heavy atom. The summed E-state index contributed by atoms with van der Waals surface area (Å²) in [7, 11) is 0. The zero-order valence-electron chi connectivity index (χ0n) is 32.1. The van der Waals surface area contributed by atoms with Crippen molar-refractivity contribution in [2.75, 3.05) is 0 Å². The van der Waals surface area contributed by atoms with Gasteiger partial charge < -0.3 is 0 Å². The van der Waals surface area contributed by atoms with Crippen molar-refractivity contribution in [3.8, 4) is 0 Å². The summed E-state index contributed by atoms with van der Waals surface area (Å²) in [6, 6.07) is 0. The maximum absolute atomic E-state index is 2.58. The molecular formula is C45H86. The third-order valence-corrected chi connectivity index (χ3v) is 11.0. The van der Waals surface area contributed by atoms with Gasteiger partial charge in [-0.3, -0.25) is 0 Å². The van der Waals surface area contributed by atoms with E-state index in [4.69, 9.17) is 0 Å². The molecule has 0 spiro atoms. The smallest absolute Gasteiger partial charge is 0.0130 e. The molecule has 1 aliphatic rings. The Balaban J connectivity index is 2.66. The summed E-state index contributed by atoms with van der Waals surface area (Å²) in [5, 5.41) is 0. The first-order valence-electron chi connectivity index (χ1n) is 21.6. The second kappa shape index (κ2) is 33.4. The molecule has 0 heterocycles. The zero-order valence-corrected chi connectivity index (χ0v) is 32.1. The molecule has 0 aromatic heterocycles. The summed E-state index contributed by atoms with van der Waals surface area (Å²) in [5.41, 5.74) is 3.64. The van der Waals surface area contributed by atoms with Crippen LogP contribution in [0.3, 0.4) is 0 Å². The van der Waals surface area contributed by atoms with Crippen LogP contribution < -0.4 is 0 Å². The van der Waals surface area contributed by atoms with Gasteiger partial charge in [-0.2, -0.15) is 0 Å². The van der Waals surface area contributed by atoms with Crippen LogP contribution in [-0.2, 0) is 0 Å². The molecule has 0 nitrogen and oxygen atoms in total. The van der Waals surface area contributed by atoms with Crippen LogP contribution in [0, 0.1) is 11.8 Å². The van der Waals surface area contributed by atoms with Crippen LogP contribution in [0.1, 0.15) is 252 Å². The lowest BCUT2D eigenvalue weighted by atomic mass is 9.84. The highest BCUT2D eigenvalue weighted by Crippen LogP contribution is 2.36. The lowest BCUT2D eigenvalue weighted by molar-refractivity contribution is 0.389. The SMILES string of the molecule is CCCCCCCCCCC(CCCCCCCC)CC1=C(CC(CCCCCCCC)CCCCCCCCCC)CC=C1. The fourth-order valence-electron chi connectivity index (χ4n) is 7.94. The van der Waals surface area contributed by atoms with E-state index in [1.165, 1.54) is 225 Å². The lowest BCUT2D eigenvalue weighted by Gasteiger charge is -2.22. The van der Waals surface area contributed by atoms with Crippen molar-refractivity contribution in [1.29, 1.82) is 0 Å². The van der Waals surface area contributed by atoms with Gasteiger partial charge >= 0.3 is 0 Å². The molecule has 2 atom stereocenters. The summed E-state index contributed by atoms with van der Waals surface area (Å²) < 4.78 is 0. The summed E-state index contributed by atoms with van der Waals surface area (Å²) in [6.45, 7) is 9.34. The molecule has 0 saturated heterocycles. The third-order valence-electron chi connectivity index (χ3n) is 11.0. The predicted octanol–water partition coefficient (Wildman–Crippen LogP) is 16.8. The summed E-state index contributed by atoms with van der Waals surface area (Å²) in [4.78, 5) is 0. The molecule has 0 aromatic rings. The van der Waals surface area contributed by atoms with Gasteiger partial charge in [-0.1, -0.05) is 251 Å². The summed E-state index contributed by atoms with van der Waals surface area (Å²) in [5.74, 6) is 1.86. The Kier molecular flexibility index (Phi) is 31.5. The standard InChI is InChI=1S/C45H86/c1-5-9-13-17-21-23-27-31-36-42(34-29-25-19-15-11-7-3)40-44-38-33-39-45(44)41-43(35-30-26-20-16-12-8-4)37-32-28-24-22-18-14-10-6-2/h33,38,42-43H,5-32,34-37,39-41H2,1-4H3. The van der Waals surface area contributed by atoms with Gasteiger partial charge in [0.25, 0.3) is 0 Å². The molecule has 0 heteroatoms. The molecular weight excluding hydrogens is 540 g/mol. The van der Waals surface area contributed by atoms with Crippen LogP contribution in [-0.4, -0.2) is 0 Å². The molecule has 0 radical (unpaired) electrons. The van der Waals surface area contributed by atoms with Crippen molar-refractivity contribution in [2.45, 2.75) is 252 Å². The molecule has 0 aliphatic heterocycles. The summed E-state index contributed by atoms with van der Waals surface area (Å²) in [6.07, 6.45) is 55.7. The number of unbranched alkanes of at least 4 members (excludes halogenated alkanes) is 24. The number of allylic oxidation sites excluding steroid dienone is 4. The molecule has 0 N–H and O–H groups in total. The van der Waals surface area contributed by atoms with E-state index in [1.54, 1.807) is 5.57 Å². The van der Waals surface area contributed by atoms with E-state index >= 15 is 0 Å². The van der Waals surface area contributed by atoms with E-state index in [9.17, 15) is 0 Å². The topological polar surface area (TPSA) is 0 Å². The van der Waals surface area contributed by atoms with Crippen molar-refractivity contribution < 1.29 is 0 Å². The molecule has 0 aromatic carbocycles. The maximum atomic E-state index is 2.58. The highest BCUT2D eigenvalue weighted by molar-refractivity contribution is 5.34. The second-order valence-electron chi connectivity index (χ2n) is 15.5. The van der Waals surface area contributed by atoms with E-state index in [-0.39, 0.29) is 0 Å². The minimum absolute atomic E-state index is 0.925. The quantitative estimate of drug-likeness (QED) is 0.0607. The molecule has 0 fully saturated rings. The van der Waals surface area contributed by atoms with Gasteiger partial charge in [0.2, 0.25) is 0 Å². The van der Waals surface area contributed by atoms with Crippen molar-refractivity contribution in [3.05, 3.63) is 23.3 Å². The number of rotatable bonds is 36. The fraction of sp³-hybridized carbons (Fsp3) is 0.911. The fourth-order valence-corrected chi connectivity index (χ4v) is 7.94. The van der Waals surface area contributed by atoms with Crippen molar-refractivity contribution in [3.63, 3.8) is 0 Å². The molecule has 1 rings (SSSR count). The van der Waals surface area contributed by atoms with Crippen molar-refractivity contribution in [2.24, 2.45) is 11.8 Å². The van der Waals surface area contributed by atoms with Gasteiger partial charge in [0, 0.05) is 0 Å². The van der Waals surface area contributed by atoms with Crippen LogP contribution in [0.5, 0.6) is 0 Å². The van der Waals surface area contributed by atoms with Crippen LogP contribution in [0.15, 0.2) is 23.3 Å². The van der Waals surface area contributed by atoms with Gasteiger partial charge in [-0.05, 0) is 36.7 Å². The van der Waals surface area contributed by atoms with E-state index in [0.29, 0.717) is 0 Å². The Bertz CT molecular complexity index is 653. The van der Waals surface area contributed by atoms with Crippen molar-refractivity contribution in [1.82, 2.24) is 0 Å². The first-order chi connectivity index (χ1) is 22.2.